The number of urea groups is 1. The van der Waals surface area contributed by atoms with E-state index in [1.807, 2.05) is 25.9 Å². The Morgan fingerprint density at radius 2 is 1.59 bits per heavy atom. The molecular formula is C23H32N4O5. The lowest BCUT2D eigenvalue weighted by Crippen LogP contribution is -2.27. The maximum absolute atomic E-state index is 12.7. The van der Waals surface area contributed by atoms with Crippen molar-refractivity contribution >= 4 is 29.0 Å². The van der Waals surface area contributed by atoms with E-state index in [-0.39, 0.29) is 5.91 Å². The second-order valence-electron chi connectivity index (χ2n) is 7.11. The van der Waals surface area contributed by atoms with Gasteiger partial charge in [-0.1, -0.05) is 0 Å². The van der Waals surface area contributed by atoms with Crippen LogP contribution < -0.4 is 30.3 Å². The van der Waals surface area contributed by atoms with Crippen molar-refractivity contribution in [1.29, 1.82) is 0 Å². The Labute approximate surface area is 189 Å². The molecule has 0 bridgehead atoms. The zero-order valence-electron chi connectivity index (χ0n) is 19.3. The van der Waals surface area contributed by atoms with Crippen molar-refractivity contribution in [3.63, 3.8) is 0 Å². The van der Waals surface area contributed by atoms with E-state index >= 15 is 0 Å². The van der Waals surface area contributed by atoms with Gasteiger partial charge in [0.2, 0.25) is 0 Å². The summed E-state index contributed by atoms with van der Waals surface area (Å²) >= 11 is 0. The van der Waals surface area contributed by atoms with Crippen LogP contribution in [0.5, 0.6) is 11.5 Å². The minimum absolute atomic E-state index is 0.216. The van der Waals surface area contributed by atoms with Crippen LogP contribution >= 0.6 is 0 Å². The van der Waals surface area contributed by atoms with Gasteiger partial charge in [0.1, 0.15) is 11.5 Å². The summed E-state index contributed by atoms with van der Waals surface area (Å²) in [5.74, 6) is 0.892. The van der Waals surface area contributed by atoms with E-state index in [0.717, 1.165) is 12.1 Å². The van der Waals surface area contributed by atoms with Gasteiger partial charge in [-0.3, -0.25) is 4.79 Å². The second-order valence-corrected chi connectivity index (χ2v) is 7.11. The standard InChI is InChI=1S/C23H32N4O5/c1-6-32-11-7-10-24-22(28)20-14-16(8-9-21(20)27(2)3)25-23(29)26-17-12-18(30-4)15-19(13-17)31-5/h8-9,12-15H,6-7,10-11H2,1-5H3,(H,24,28)(H2,25,26,29). The minimum Gasteiger partial charge on any atom is -0.497 e. The number of nitrogens with one attached hydrogen (secondary N) is 3. The first-order chi connectivity index (χ1) is 15.4. The molecule has 2 aromatic rings. The monoisotopic (exact) mass is 444 g/mol. The average Bonchev–Trinajstić information content (AvgIpc) is 2.78. The summed E-state index contributed by atoms with van der Waals surface area (Å²) in [4.78, 5) is 27.1. The Morgan fingerprint density at radius 1 is 0.938 bits per heavy atom. The Morgan fingerprint density at radius 3 is 2.19 bits per heavy atom. The Bertz CT molecular complexity index is 895. The molecule has 0 unspecified atom stereocenters. The Hall–Kier alpha value is -3.46. The number of carbonyl (C=O) groups is 2. The van der Waals surface area contributed by atoms with Gasteiger partial charge in [-0.25, -0.2) is 4.79 Å². The van der Waals surface area contributed by atoms with Crippen LogP contribution in [0.4, 0.5) is 21.9 Å². The van der Waals surface area contributed by atoms with Gasteiger partial charge < -0.3 is 35.1 Å². The molecule has 0 spiro atoms. The fraction of sp³-hybridized carbons (Fsp3) is 0.391. The molecule has 0 aliphatic carbocycles. The molecule has 174 valence electrons. The maximum Gasteiger partial charge on any atom is 0.323 e. The number of amides is 3. The quantitative estimate of drug-likeness (QED) is 0.458. The fourth-order valence-electron chi connectivity index (χ4n) is 2.97. The zero-order valence-corrected chi connectivity index (χ0v) is 19.3. The lowest BCUT2D eigenvalue weighted by molar-refractivity contribution is 0.0944. The van der Waals surface area contributed by atoms with E-state index in [4.69, 9.17) is 14.2 Å². The molecule has 0 aliphatic rings. The van der Waals surface area contributed by atoms with Crippen molar-refractivity contribution in [2.75, 3.05) is 63.6 Å². The van der Waals surface area contributed by atoms with Gasteiger partial charge in [0.05, 0.1) is 19.8 Å². The van der Waals surface area contributed by atoms with Crippen LogP contribution in [-0.2, 0) is 4.74 Å². The van der Waals surface area contributed by atoms with Gasteiger partial charge in [-0.2, -0.15) is 0 Å². The minimum atomic E-state index is -0.457. The van der Waals surface area contributed by atoms with Gasteiger partial charge in [0, 0.05) is 69.1 Å². The number of benzene rings is 2. The maximum atomic E-state index is 12.7. The normalized spacial score (nSPS) is 10.3. The van der Waals surface area contributed by atoms with Crippen molar-refractivity contribution in [3.8, 4) is 11.5 Å². The van der Waals surface area contributed by atoms with Crippen LogP contribution in [0.25, 0.3) is 0 Å². The van der Waals surface area contributed by atoms with Crippen LogP contribution in [-0.4, -0.2) is 60.0 Å². The molecule has 9 heteroatoms. The van der Waals surface area contributed by atoms with Gasteiger partial charge in [0.15, 0.2) is 0 Å². The molecule has 0 heterocycles. The van der Waals surface area contributed by atoms with E-state index in [1.165, 1.54) is 14.2 Å². The van der Waals surface area contributed by atoms with Crippen molar-refractivity contribution in [3.05, 3.63) is 42.0 Å². The largest absolute Gasteiger partial charge is 0.497 e. The first-order valence-corrected chi connectivity index (χ1v) is 10.4. The third-order valence-electron chi connectivity index (χ3n) is 4.55. The summed E-state index contributed by atoms with van der Waals surface area (Å²) in [6.45, 7) is 3.67. The topological polar surface area (TPSA) is 101 Å². The second kappa shape index (κ2) is 12.4. The van der Waals surface area contributed by atoms with Gasteiger partial charge in [-0.05, 0) is 31.5 Å². The van der Waals surface area contributed by atoms with Crippen LogP contribution in [0, 0.1) is 0 Å². The summed E-state index contributed by atoms with van der Waals surface area (Å²) in [6.07, 6.45) is 0.723. The lowest BCUT2D eigenvalue weighted by atomic mass is 10.1. The Kier molecular flexibility index (Phi) is 9.62. The molecule has 2 rings (SSSR count). The fourth-order valence-corrected chi connectivity index (χ4v) is 2.97. The molecule has 0 fully saturated rings. The highest BCUT2D eigenvalue weighted by Crippen LogP contribution is 2.26. The van der Waals surface area contributed by atoms with E-state index in [1.54, 1.807) is 36.4 Å². The number of rotatable bonds is 11. The van der Waals surface area contributed by atoms with E-state index < -0.39 is 6.03 Å². The van der Waals surface area contributed by atoms with Gasteiger partial charge in [-0.15, -0.1) is 0 Å². The number of hydrogen-bond donors (Lipinski definition) is 3. The van der Waals surface area contributed by atoms with Crippen molar-refractivity contribution < 1.29 is 23.8 Å². The van der Waals surface area contributed by atoms with Crippen LogP contribution in [0.3, 0.4) is 0 Å². The average molecular weight is 445 g/mol. The first kappa shape index (κ1) is 24.8. The highest BCUT2D eigenvalue weighted by atomic mass is 16.5. The first-order valence-electron chi connectivity index (χ1n) is 10.4. The van der Waals surface area contributed by atoms with Crippen molar-refractivity contribution in [2.24, 2.45) is 0 Å². The molecule has 9 nitrogen and oxygen atoms in total. The molecule has 0 radical (unpaired) electrons. The van der Waals surface area contributed by atoms with E-state index in [9.17, 15) is 9.59 Å². The lowest BCUT2D eigenvalue weighted by Gasteiger charge is -2.19. The number of methoxy groups -OCH3 is 2. The predicted molar refractivity (Wildman–Crippen MR) is 126 cm³/mol. The van der Waals surface area contributed by atoms with Crippen LogP contribution in [0.15, 0.2) is 36.4 Å². The van der Waals surface area contributed by atoms with Gasteiger partial charge >= 0.3 is 6.03 Å². The zero-order chi connectivity index (χ0) is 23.5. The molecule has 0 saturated carbocycles. The predicted octanol–water partition coefficient (Wildman–Crippen LogP) is 3.57. The third kappa shape index (κ3) is 7.35. The number of hydrogen-bond acceptors (Lipinski definition) is 6. The number of ether oxygens (including phenoxy) is 3. The molecule has 0 aromatic heterocycles. The number of carbonyl (C=O) groups excluding carboxylic acids is 2. The van der Waals surface area contributed by atoms with E-state index in [0.29, 0.717) is 48.2 Å². The number of anilines is 3. The summed E-state index contributed by atoms with van der Waals surface area (Å²) in [7, 11) is 6.79. The molecule has 0 atom stereocenters. The third-order valence-corrected chi connectivity index (χ3v) is 4.55. The molecule has 3 amide bonds. The smallest absolute Gasteiger partial charge is 0.323 e. The van der Waals surface area contributed by atoms with Crippen molar-refractivity contribution in [1.82, 2.24) is 5.32 Å². The highest BCUT2D eigenvalue weighted by molar-refractivity contribution is 6.04. The number of nitrogens with zero attached hydrogens (tertiary/aromatic N) is 1. The highest BCUT2D eigenvalue weighted by Gasteiger charge is 2.15. The summed E-state index contributed by atoms with van der Waals surface area (Å²) in [6, 6.07) is 9.80. The van der Waals surface area contributed by atoms with Crippen LogP contribution in [0.1, 0.15) is 23.7 Å². The van der Waals surface area contributed by atoms with Gasteiger partial charge in [0.25, 0.3) is 5.91 Å². The molecule has 2 aromatic carbocycles. The Balaban J connectivity index is 2.10. The summed E-state index contributed by atoms with van der Waals surface area (Å²) < 4.78 is 15.7. The molecule has 3 N–H and O–H groups in total. The molecule has 32 heavy (non-hydrogen) atoms. The van der Waals surface area contributed by atoms with Crippen LogP contribution in [0.2, 0.25) is 0 Å². The molecule has 0 aliphatic heterocycles. The van der Waals surface area contributed by atoms with Crippen molar-refractivity contribution in [2.45, 2.75) is 13.3 Å². The molecular weight excluding hydrogens is 412 g/mol. The molecule has 0 saturated heterocycles. The summed E-state index contributed by atoms with van der Waals surface area (Å²) in [5, 5.41) is 8.40. The summed E-state index contributed by atoms with van der Waals surface area (Å²) in [5.41, 5.74) is 2.21. The SMILES string of the molecule is CCOCCCNC(=O)c1cc(NC(=O)Nc2cc(OC)cc(OC)c2)ccc1N(C)C. The van der Waals surface area contributed by atoms with E-state index in [2.05, 4.69) is 16.0 Å².